The molecule has 0 unspecified atom stereocenters. The summed E-state index contributed by atoms with van der Waals surface area (Å²) in [6.07, 6.45) is 2.01. The standard InChI is InChI=1S/C10H17ClN2O/c1-8(11)7-12-10-3-5-13(6-4-10)9(2)14/h10,12H,1,3-7H2,2H3. The number of carbonyl (C=O) groups excluding carboxylic acids is 1. The van der Waals surface area contributed by atoms with Gasteiger partial charge in [0.2, 0.25) is 5.91 Å². The zero-order chi connectivity index (χ0) is 10.6. The number of hydrogen-bond acceptors (Lipinski definition) is 2. The fraction of sp³-hybridized carbons (Fsp3) is 0.700. The third-order valence-corrected chi connectivity index (χ3v) is 2.66. The van der Waals surface area contributed by atoms with Gasteiger partial charge in [0.1, 0.15) is 0 Å². The fourth-order valence-electron chi connectivity index (χ4n) is 1.65. The number of hydrogen-bond donors (Lipinski definition) is 1. The third kappa shape index (κ3) is 3.68. The van der Waals surface area contributed by atoms with Crippen LogP contribution in [0.4, 0.5) is 0 Å². The highest BCUT2D eigenvalue weighted by atomic mass is 35.5. The van der Waals surface area contributed by atoms with E-state index in [0.29, 0.717) is 17.6 Å². The SMILES string of the molecule is C=C(Cl)CNC1CCN(C(C)=O)CC1. The van der Waals surface area contributed by atoms with Crippen LogP contribution in [0.3, 0.4) is 0 Å². The van der Waals surface area contributed by atoms with Gasteiger partial charge in [0, 0.05) is 37.6 Å². The van der Waals surface area contributed by atoms with E-state index in [4.69, 9.17) is 11.6 Å². The normalized spacial score (nSPS) is 18.3. The highest BCUT2D eigenvalue weighted by molar-refractivity contribution is 6.29. The Balaban J connectivity index is 2.22. The first-order valence-corrected chi connectivity index (χ1v) is 5.29. The van der Waals surface area contributed by atoms with Gasteiger partial charge < -0.3 is 10.2 Å². The second-order valence-electron chi connectivity index (χ2n) is 3.68. The van der Waals surface area contributed by atoms with Gasteiger partial charge in [0.15, 0.2) is 0 Å². The average Bonchev–Trinajstić information content (AvgIpc) is 2.15. The van der Waals surface area contributed by atoms with E-state index in [0.717, 1.165) is 25.9 Å². The van der Waals surface area contributed by atoms with Crippen LogP contribution in [0.15, 0.2) is 11.6 Å². The molecule has 0 radical (unpaired) electrons. The van der Waals surface area contributed by atoms with Crippen molar-refractivity contribution in [2.75, 3.05) is 19.6 Å². The van der Waals surface area contributed by atoms with Crippen LogP contribution in [0.2, 0.25) is 0 Å². The Morgan fingerprint density at radius 2 is 2.14 bits per heavy atom. The van der Waals surface area contributed by atoms with Crippen LogP contribution in [0.1, 0.15) is 19.8 Å². The van der Waals surface area contributed by atoms with Crippen molar-refractivity contribution in [1.29, 1.82) is 0 Å². The van der Waals surface area contributed by atoms with Gasteiger partial charge in [-0.15, -0.1) is 0 Å². The number of halogens is 1. The van der Waals surface area contributed by atoms with E-state index in [-0.39, 0.29) is 5.91 Å². The molecular weight excluding hydrogens is 200 g/mol. The molecule has 1 aliphatic rings. The van der Waals surface area contributed by atoms with E-state index < -0.39 is 0 Å². The maximum Gasteiger partial charge on any atom is 0.219 e. The minimum absolute atomic E-state index is 0.171. The summed E-state index contributed by atoms with van der Waals surface area (Å²) in [5, 5.41) is 3.95. The lowest BCUT2D eigenvalue weighted by molar-refractivity contribution is -0.129. The summed E-state index contributed by atoms with van der Waals surface area (Å²) in [7, 11) is 0. The molecule has 3 nitrogen and oxygen atoms in total. The summed E-state index contributed by atoms with van der Waals surface area (Å²) in [6.45, 7) is 7.60. The van der Waals surface area contributed by atoms with Crippen LogP contribution in [-0.4, -0.2) is 36.5 Å². The predicted octanol–water partition coefficient (Wildman–Crippen LogP) is 1.34. The molecule has 0 aromatic carbocycles. The Morgan fingerprint density at radius 1 is 1.57 bits per heavy atom. The van der Waals surface area contributed by atoms with Gasteiger partial charge in [-0.3, -0.25) is 4.79 Å². The van der Waals surface area contributed by atoms with Crippen molar-refractivity contribution >= 4 is 17.5 Å². The number of nitrogens with one attached hydrogen (secondary N) is 1. The van der Waals surface area contributed by atoms with Gasteiger partial charge in [-0.05, 0) is 12.8 Å². The lowest BCUT2D eigenvalue weighted by Gasteiger charge is -2.31. The Kier molecular flexibility index (Phi) is 4.42. The van der Waals surface area contributed by atoms with E-state index in [1.54, 1.807) is 6.92 Å². The van der Waals surface area contributed by atoms with Gasteiger partial charge in [0.05, 0.1) is 0 Å². The lowest BCUT2D eigenvalue weighted by atomic mass is 10.1. The van der Waals surface area contributed by atoms with Crippen LogP contribution < -0.4 is 5.32 Å². The lowest BCUT2D eigenvalue weighted by Crippen LogP contribution is -2.44. The molecule has 1 fully saturated rings. The maximum absolute atomic E-state index is 11.0. The molecule has 1 rings (SSSR count). The summed E-state index contributed by atoms with van der Waals surface area (Å²) in [5.41, 5.74) is 0. The molecule has 14 heavy (non-hydrogen) atoms. The molecule has 0 bridgehead atoms. The highest BCUT2D eigenvalue weighted by Gasteiger charge is 2.19. The molecule has 1 saturated heterocycles. The molecule has 0 aromatic heterocycles. The smallest absolute Gasteiger partial charge is 0.219 e. The predicted molar refractivity (Wildman–Crippen MR) is 58.3 cm³/mol. The zero-order valence-electron chi connectivity index (χ0n) is 8.55. The van der Waals surface area contributed by atoms with Crippen molar-refractivity contribution < 1.29 is 4.79 Å². The van der Waals surface area contributed by atoms with Gasteiger partial charge in [-0.25, -0.2) is 0 Å². The third-order valence-electron chi connectivity index (χ3n) is 2.52. The molecule has 0 atom stereocenters. The van der Waals surface area contributed by atoms with E-state index in [2.05, 4.69) is 11.9 Å². The second-order valence-corrected chi connectivity index (χ2v) is 4.21. The van der Waals surface area contributed by atoms with Crippen molar-refractivity contribution in [2.24, 2.45) is 0 Å². The van der Waals surface area contributed by atoms with E-state index >= 15 is 0 Å². The van der Waals surface area contributed by atoms with Crippen LogP contribution >= 0.6 is 11.6 Å². The summed E-state index contributed by atoms with van der Waals surface area (Å²) < 4.78 is 0. The van der Waals surface area contributed by atoms with Crippen LogP contribution in [-0.2, 0) is 4.79 Å². The van der Waals surface area contributed by atoms with Crippen molar-refractivity contribution in [3.8, 4) is 0 Å². The Morgan fingerprint density at radius 3 is 2.57 bits per heavy atom. The first-order chi connectivity index (χ1) is 6.59. The number of amides is 1. The van der Waals surface area contributed by atoms with Crippen molar-refractivity contribution in [3.63, 3.8) is 0 Å². The van der Waals surface area contributed by atoms with Crippen LogP contribution in [0.5, 0.6) is 0 Å². The van der Waals surface area contributed by atoms with Gasteiger partial charge in [-0.1, -0.05) is 18.2 Å². The fourth-order valence-corrected chi connectivity index (χ4v) is 1.73. The molecule has 1 N–H and O–H groups in total. The van der Waals surface area contributed by atoms with Crippen LogP contribution in [0, 0.1) is 0 Å². The van der Waals surface area contributed by atoms with Gasteiger partial charge in [-0.2, -0.15) is 0 Å². The molecule has 1 aliphatic heterocycles. The Hall–Kier alpha value is -0.540. The average molecular weight is 217 g/mol. The van der Waals surface area contributed by atoms with Gasteiger partial charge >= 0.3 is 0 Å². The Bertz CT molecular complexity index is 222. The summed E-state index contributed by atoms with van der Waals surface area (Å²) in [6, 6.07) is 0.473. The highest BCUT2D eigenvalue weighted by Crippen LogP contribution is 2.10. The molecule has 0 aliphatic carbocycles. The largest absolute Gasteiger partial charge is 0.343 e. The number of likely N-dealkylation sites (tertiary alicyclic amines) is 1. The molecule has 0 aromatic rings. The Labute approximate surface area is 90.1 Å². The first-order valence-electron chi connectivity index (χ1n) is 4.92. The molecule has 1 heterocycles. The monoisotopic (exact) mass is 216 g/mol. The molecule has 1 amide bonds. The van der Waals surface area contributed by atoms with Crippen molar-refractivity contribution in [2.45, 2.75) is 25.8 Å². The van der Waals surface area contributed by atoms with Crippen LogP contribution in [0.25, 0.3) is 0 Å². The van der Waals surface area contributed by atoms with Crippen molar-refractivity contribution in [3.05, 3.63) is 11.6 Å². The van der Waals surface area contributed by atoms with Gasteiger partial charge in [0.25, 0.3) is 0 Å². The summed E-state index contributed by atoms with van der Waals surface area (Å²) in [5.74, 6) is 0.171. The van der Waals surface area contributed by atoms with E-state index in [9.17, 15) is 4.79 Å². The minimum Gasteiger partial charge on any atom is -0.343 e. The maximum atomic E-state index is 11.0. The van der Waals surface area contributed by atoms with E-state index in [1.807, 2.05) is 4.90 Å². The second kappa shape index (κ2) is 5.37. The summed E-state index contributed by atoms with van der Waals surface area (Å²) >= 11 is 5.65. The zero-order valence-corrected chi connectivity index (χ0v) is 9.31. The number of rotatable bonds is 3. The topological polar surface area (TPSA) is 32.3 Å². The van der Waals surface area contributed by atoms with Crippen molar-refractivity contribution in [1.82, 2.24) is 10.2 Å². The van der Waals surface area contributed by atoms with E-state index in [1.165, 1.54) is 0 Å². The number of nitrogens with zero attached hydrogens (tertiary/aromatic N) is 1. The first kappa shape index (κ1) is 11.5. The molecule has 80 valence electrons. The molecule has 4 heteroatoms. The molecule has 0 saturated carbocycles. The quantitative estimate of drug-likeness (QED) is 0.772. The molecule has 0 spiro atoms. The summed E-state index contributed by atoms with van der Waals surface area (Å²) in [4.78, 5) is 12.9. The minimum atomic E-state index is 0.171. The molecular formula is C10H17ClN2O. The number of carbonyl (C=O) groups is 1. The number of piperidine rings is 1.